The van der Waals surface area contributed by atoms with Gasteiger partial charge in [0, 0.05) is 52.9 Å². The molecule has 0 unspecified atom stereocenters. The number of nitriles is 1. The van der Waals surface area contributed by atoms with Crippen LogP contribution in [-0.2, 0) is 11.2 Å². The maximum absolute atomic E-state index is 12.7. The Bertz CT molecular complexity index is 1520. The van der Waals surface area contributed by atoms with Crippen molar-refractivity contribution in [1.82, 2.24) is 14.9 Å². The fourth-order valence-electron chi connectivity index (χ4n) is 4.36. The van der Waals surface area contributed by atoms with Crippen molar-refractivity contribution in [2.45, 2.75) is 27.2 Å². The smallest absolute Gasteiger partial charge is 0.269 e. The SMILES string of the molecule is Cc1cc([N+](=O)[O-])ccc1-n1c(C)cc(/C=C(/C#N)C(=O)NCCc2c[nH]c3ccccc23)c1C. The Labute approximate surface area is 202 Å². The molecule has 0 aliphatic carbocycles. The summed E-state index contributed by atoms with van der Waals surface area (Å²) in [6.07, 6.45) is 4.16. The maximum atomic E-state index is 12.7. The van der Waals surface area contributed by atoms with Gasteiger partial charge in [-0.15, -0.1) is 0 Å². The van der Waals surface area contributed by atoms with Crippen molar-refractivity contribution >= 4 is 28.6 Å². The van der Waals surface area contributed by atoms with Gasteiger partial charge in [-0.3, -0.25) is 14.9 Å². The number of nitrogens with one attached hydrogen (secondary N) is 2. The molecule has 35 heavy (non-hydrogen) atoms. The highest BCUT2D eigenvalue weighted by Gasteiger charge is 2.16. The molecule has 4 rings (SSSR count). The third kappa shape index (κ3) is 4.70. The summed E-state index contributed by atoms with van der Waals surface area (Å²) < 4.78 is 1.97. The van der Waals surface area contributed by atoms with Crippen molar-refractivity contribution in [2.75, 3.05) is 6.54 Å². The van der Waals surface area contributed by atoms with Crippen LogP contribution in [0.15, 0.2) is 60.3 Å². The molecule has 4 aromatic rings. The molecule has 0 spiro atoms. The Balaban J connectivity index is 1.52. The lowest BCUT2D eigenvalue weighted by Gasteiger charge is -2.12. The molecule has 2 aromatic heterocycles. The van der Waals surface area contributed by atoms with Crippen LogP contribution in [0.3, 0.4) is 0 Å². The normalized spacial score (nSPS) is 11.4. The van der Waals surface area contributed by atoms with Crippen LogP contribution in [0.1, 0.15) is 28.1 Å². The van der Waals surface area contributed by atoms with Gasteiger partial charge in [0.15, 0.2) is 0 Å². The molecule has 2 N–H and O–H groups in total. The van der Waals surface area contributed by atoms with Crippen LogP contribution >= 0.6 is 0 Å². The van der Waals surface area contributed by atoms with Gasteiger partial charge >= 0.3 is 0 Å². The van der Waals surface area contributed by atoms with Crippen LogP contribution in [0.5, 0.6) is 0 Å². The second-order valence-electron chi connectivity index (χ2n) is 8.42. The number of aromatic nitrogens is 2. The van der Waals surface area contributed by atoms with Gasteiger partial charge in [0.2, 0.25) is 0 Å². The molecule has 176 valence electrons. The number of carbonyl (C=O) groups excluding carboxylic acids is 1. The second kappa shape index (κ2) is 9.69. The van der Waals surface area contributed by atoms with E-state index in [1.807, 2.05) is 67.9 Å². The molecule has 0 aliphatic rings. The number of aromatic amines is 1. The Morgan fingerprint density at radius 3 is 2.69 bits per heavy atom. The fourth-order valence-corrected chi connectivity index (χ4v) is 4.36. The molecule has 2 heterocycles. The van der Waals surface area contributed by atoms with Gasteiger partial charge < -0.3 is 14.9 Å². The van der Waals surface area contributed by atoms with Crippen LogP contribution in [-0.4, -0.2) is 26.9 Å². The first kappa shape index (κ1) is 23.5. The monoisotopic (exact) mass is 467 g/mol. The maximum Gasteiger partial charge on any atom is 0.269 e. The van der Waals surface area contributed by atoms with Gasteiger partial charge in [-0.1, -0.05) is 18.2 Å². The molecule has 8 nitrogen and oxygen atoms in total. The van der Waals surface area contributed by atoms with Gasteiger partial charge in [-0.05, 0) is 68.2 Å². The zero-order valence-electron chi connectivity index (χ0n) is 19.8. The van der Waals surface area contributed by atoms with Crippen LogP contribution in [0.25, 0.3) is 22.7 Å². The Morgan fingerprint density at radius 2 is 1.97 bits per heavy atom. The van der Waals surface area contributed by atoms with Crippen molar-refractivity contribution < 1.29 is 9.72 Å². The van der Waals surface area contributed by atoms with E-state index in [1.165, 1.54) is 12.1 Å². The van der Waals surface area contributed by atoms with Crippen LogP contribution < -0.4 is 5.32 Å². The molecule has 0 saturated carbocycles. The Morgan fingerprint density at radius 1 is 1.20 bits per heavy atom. The molecule has 2 aromatic carbocycles. The van der Waals surface area contributed by atoms with E-state index >= 15 is 0 Å². The first-order valence-electron chi connectivity index (χ1n) is 11.2. The third-order valence-corrected chi connectivity index (χ3v) is 6.12. The minimum absolute atomic E-state index is 0.0181. The summed E-state index contributed by atoms with van der Waals surface area (Å²) in [5, 5.41) is 24.7. The average Bonchev–Trinajstić information content (AvgIpc) is 3.37. The zero-order chi connectivity index (χ0) is 25.1. The van der Waals surface area contributed by atoms with E-state index < -0.39 is 10.8 Å². The number of fused-ring (bicyclic) bond motifs is 1. The number of hydrogen-bond acceptors (Lipinski definition) is 4. The number of nitro groups is 1. The number of amides is 1. The molecular weight excluding hydrogens is 442 g/mol. The first-order valence-corrected chi connectivity index (χ1v) is 11.2. The summed E-state index contributed by atoms with van der Waals surface area (Å²) >= 11 is 0. The molecule has 0 atom stereocenters. The minimum Gasteiger partial charge on any atom is -0.361 e. The van der Waals surface area contributed by atoms with E-state index in [2.05, 4.69) is 10.3 Å². The number of nitrogens with zero attached hydrogens (tertiary/aromatic N) is 3. The molecule has 0 radical (unpaired) electrons. The van der Waals surface area contributed by atoms with Crippen molar-refractivity contribution in [3.05, 3.63) is 98.5 Å². The number of hydrogen-bond donors (Lipinski definition) is 2. The predicted octanol–water partition coefficient (Wildman–Crippen LogP) is 5.06. The molecule has 0 saturated heterocycles. The molecule has 1 amide bonds. The quantitative estimate of drug-likeness (QED) is 0.171. The number of nitro benzene ring substituents is 1. The van der Waals surface area contributed by atoms with Crippen molar-refractivity contribution in [1.29, 1.82) is 5.26 Å². The molecule has 0 bridgehead atoms. The highest BCUT2D eigenvalue weighted by atomic mass is 16.6. The molecular formula is C27H25N5O3. The minimum atomic E-state index is -0.427. The number of rotatable bonds is 7. The summed E-state index contributed by atoms with van der Waals surface area (Å²) in [5.41, 5.74) is 6.23. The van der Waals surface area contributed by atoms with Gasteiger partial charge in [0.1, 0.15) is 11.6 Å². The van der Waals surface area contributed by atoms with Crippen LogP contribution in [0, 0.1) is 42.2 Å². The van der Waals surface area contributed by atoms with Gasteiger partial charge in [-0.25, -0.2) is 0 Å². The van der Waals surface area contributed by atoms with Gasteiger partial charge in [0.05, 0.1) is 4.92 Å². The molecule has 0 aliphatic heterocycles. The lowest BCUT2D eigenvalue weighted by molar-refractivity contribution is -0.384. The Hall–Kier alpha value is -4.64. The Kier molecular flexibility index (Phi) is 6.51. The molecule has 0 fully saturated rings. The number of carbonyl (C=O) groups is 1. The van der Waals surface area contributed by atoms with Crippen molar-refractivity contribution in [3.8, 4) is 11.8 Å². The number of aryl methyl sites for hydroxylation is 2. The summed E-state index contributed by atoms with van der Waals surface area (Å²) in [5.74, 6) is -0.427. The highest BCUT2D eigenvalue weighted by molar-refractivity contribution is 6.01. The van der Waals surface area contributed by atoms with E-state index in [-0.39, 0.29) is 11.3 Å². The van der Waals surface area contributed by atoms with Gasteiger partial charge in [0.25, 0.3) is 11.6 Å². The van der Waals surface area contributed by atoms with E-state index in [1.54, 1.807) is 12.1 Å². The second-order valence-corrected chi connectivity index (χ2v) is 8.42. The van der Waals surface area contributed by atoms with Gasteiger partial charge in [-0.2, -0.15) is 5.26 Å². The third-order valence-electron chi connectivity index (χ3n) is 6.12. The lowest BCUT2D eigenvalue weighted by Crippen LogP contribution is -2.26. The summed E-state index contributed by atoms with van der Waals surface area (Å²) in [6, 6.07) is 16.6. The predicted molar refractivity (Wildman–Crippen MR) is 135 cm³/mol. The highest BCUT2D eigenvalue weighted by Crippen LogP contribution is 2.27. The lowest BCUT2D eigenvalue weighted by atomic mass is 10.1. The summed E-state index contributed by atoms with van der Waals surface area (Å²) in [4.78, 5) is 26.6. The number of H-pyrrole nitrogens is 1. The summed E-state index contributed by atoms with van der Waals surface area (Å²) in [6.45, 7) is 6.03. The number of benzene rings is 2. The average molecular weight is 468 g/mol. The van der Waals surface area contributed by atoms with Crippen molar-refractivity contribution in [2.24, 2.45) is 0 Å². The van der Waals surface area contributed by atoms with Crippen LogP contribution in [0.4, 0.5) is 5.69 Å². The van der Waals surface area contributed by atoms with Crippen LogP contribution in [0.2, 0.25) is 0 Å². The number of para-hydroxylation sites is 1. The van der Waals surface area contributed by atoms with E-state index in [4.69, 9.17) is 0 Å². The zero-order valence-corrected chi connectivity index (χ0v) is 19.8. The van der Waals surface area contributed by atoms with E-state index in [0.717, 1.165) is 44.7 Å². The fraction of sp³-hybridized carbons (Fsp3) is 0.185. The standard InChI is InChI=1S/C27H25N5O3/c1-17-12-23(32(34)35)8-9-26(17)31-18(2)13-21(19(31)3)14-22(15-28)27(33)29-11-10-20-16-30-25-7-5-4-6-24(20)25/h4-9,12-14,16,30H,10-11H2,1-3H3,(H,29,33)/b22-14-. The largest absolute Gasteiger partial charge is 0.361 e. The number of non-ortho nitro benzene ring substituents is 1. The van der Waals surface area contributed by atoms with Crippen molar-refractivity contribution in [3.63, 3.8) is 0 Å². The van der Waals surface area contributed by atoms with E-state index in [0.29, 0.717) is 13.0 Å². The summed E-state index contributed by atoms with van der Waals surface area (Å²) in [7, 11) is 0. The first-order chi connectivity index (χ1) is 16.8. The topological polar surface area (TPSA) is 117 Å². The molecule has 8 heteroatoms. The van der Waals surface area contributed by atoms with E-state index in [9.17, 15) is 20.2 Å².